The minimum absolute atomic E-state index is 0.0258. The minimum Gasteiger partial charge on any atom is -0.462 e. The summed E-state index contributed by atoms with van der Waals surface area (Å²) in [5.74, 6) is 5.58. The molecule has 0 amide bonds. The fraction of sp³-hybridized carbons (Fsp3) is 0.935. The van der Waals surface area contributed by atoms with Gasteiger partial charge in [0, 0.05) is 0 Å². The number of ketones is 1. The molecule has 2 unspecified atom stereocenters. The van der Waals surface area contributed by atoms with E-state index in [1.165, 1.54) is 71.1 Å². The lowest BCUT2D eigenvalue weighted by atomic mass is 9.44. The van der Waals surface area contributed by atoms with E-state index in [1.807, 2.05) is 0 Å². The zero-order valence-corrected chi connectivity index (χ0v) is 23.0. The molecular weight excluding hydrogens is 420 g/mol. The average molecular weight is 473 g/mol. The summed E-state index contributed by atoms with van der Waals surface area (Å²) in [6.07, 6.45) is 15.8. The monoisotopic (exact) mass is 472 g/mol. The summed E-state index contributed by atoms with van der Waals surface area (Å²) in [6, 6.07) is 0. The van der Waals surface area contributed by atoms with Crippen molar-refractivity contribution in [2.24, 2.45) is 52.3 Å². The predicted octanol–water partition coefficient (Wildman–Crippen LogP) is 8.00. The third-order valence-corrected chi connectivity index (χ3v) is 11.5. The third-order valence-electron chi connectivity index (χ3n) is 11.5. The summed E-state index contributed by atoms with van der Waals surface area (Å²) < 4.78 is 5.75. The van der Waals surface area contributed by atoms with Crippen LogP contribution in [0.2, 0.25) is 0 Å². The normalized spacial score (nSPS) is 42.4. The Bertz CT molecular complexity index is 743. The standard InChI is InChI=1S/C31H52O3/c1-20(2)8-7-9-21(3)26-12-13-27-25-11-10-23-19-24(34-29(33)18-22(4)32)14-16-30(23,5)28(25)15-17-31(26,27)6/h20-21,23-28H,7-19H2,1-6H3/t21-,23?,24?,25+,26-,27+,28+,30+,31-/m1/s1. The number of fused-ring (bicyclic) bond motifs is 5. The molecule has 0 aromatic carbocycles. The van der Waals surface area contributed by atoms with Crippen molar-refractivity contribution in [3.8, 4) is 0 Å². The molecule has 4 rings (SSSR count). The second-order valence-corrected chi connectivity index (χ2v) is 14.0. The smallest absolute Gasteiger partial charge is 0.313 e. The number of hydrogen-bond acceptors (Lipinski definition) is 3. The van der Waals surface area contributed by atoms with Crippen LogP contribution in [0.1, 0.15) is 125 Å². The van der Waals surface area contributed by atoms with Crippen molar-refractivity contribution in [1.82, 2.24) is 0 Å². The first kappa shape index (κ1) is 26.2. The molecule has 9 atom stereocenters. The SMILES string of the molecule is CC(=O)CC(=O)OC1CC[C@@]2(C)C(CC[C@H]3[C@@H]4CC[C@H]([C@H](C)CCCC(C)C)[C@@]4(C)CC[C@@H]32)C1. The molecule has 4 aliphatic rings. The van der Waals surface area contributed by atoms with Crippen LogP contribution in [0, 0.1) is 52.3 Å². The largest absolute Gasteiger partial charge is 0.462 e. The molecule has 3 nitrogen and oxygen atoms in total. The molecule has 0 N–H and O–H groups in total. The number of ether oxygens (including phenoxy) is 1. The van der Waals surface area contributed by atoms with E-state index in [-0.39, 0.29) is 24.3 Å². The molecule has 0 heterocycles. The number of carbonyl (C=O) groups is 2. The van der Waals surface area contributed by atoms with Gasteiger partial charge in [-0.05, 0) is 117 Å². The number of carbonyl (C=O) groups excluding carboxylic acids is 2. The van der Waals surface area contributed by atoms with Crippen LogP contribution in [-0.4, -0.2) is 17.9 Å². The fourth-order valence-electron chi connectivity index (χ4n) is 9.78. The molecule has 0 aromatic heterocycles. The topological polar surface area (TPSA) is 43.4 Å². The van der Waals surface area contributed by atoms with Crippen molar-refractivity contribution in [2.75, 3.05) is 0 Å². The van der Waals surface area contributed by atoms with Gasteiger partial charge in [0.2, 0.25) is 0 Å². The van der Waals surface area contributed by atoms with Gasteiger partial charge in [-0.3, -0.25) is 9.59 Å². The lowest BCUT2D eigenvalue weighted by Crippen LogP contribution is -2.54. The van der Waals surface area contributed by atoms with Gasteiger partial charge < -0.3 is 4.74 Å². The van der Waals surface area contributed by atoms with Crippen LogP contribution in [0.3, 0.4) is 0 Å². The Morgan fingerprint density at radius 3 is 2.29 bits per heavy atom. The Morgan fingerprint density at radius 2 is 1.59 bits per heavy atom. The van der Waals surface area contributed by atoms with Gasteiger partial charge in [0.15, 0.2) is 0 Å². The molecule has 3 heteroatoms. The second-order valence-electron chi connectivity index (χ2n) is 14.0. The van der Waals surface area contributed by atoms with Crippen LogP contribution in [0.5, 0.6) is 0 Å². The fourth-order valence-corrected chi connectivity index (χ4v) is 9.78. The van der Waals surface area contributed by atoms with E-state index in [2.05, 4.69) is 34.6 Å². The van der Waals surface area contributed by atoms with Crippen LogP contribution in [0.25, 0.3) is 0 Å². The molecule has 0 aliphatic heterocycles. The molecule has 0 bridgehead atoms. The molecule has 0 radical (unpaired) electrons. The van der Waals surface area contributed by atoms with E-state index in [1.54, 1.807) is 0 Å². The van der Waals surface area contributed by atoms with Gasteiger partial charge in [0.1, 0.15) is 18.3 Å². The maximum Gasteiger partial charge on any atom is 0.313 e. The van der Waals surface area contributed by atoms with Gasteiger partial charge in [0.25, 0.3) is 0 Å². The van der Waals surface area contributed by atoms with E-state index >= 15 is 0 Å². The van der Waals surface area contributed by atoms with Crippen molar-refractivity contribution in [2.45, 2.75) is 131 Å². The van der Waals surface area contributed by atoms with Crippen LogP contribution >= 0.6 is 0 Å². The van der Waals surface area contributed by atoms with Crippen LogP contribution in [0.15, 0.2) is 0 Å². The molecule has 0 aromatic rings. The number of hydrogen-bond donors (Lipinski definition) is 0. The molecule has 4 fully saturated rings. The Labute approximate surface area is 209 Å². The Morgan fingerprint density at radius 1 is 0.882 bits per heavy atom. The molecule has 4 aliphatic carbocycles. The highest BCUT2D eigenvalue weighted by molar-refractivity contribution is 5.94. The number of rotatable bonds is 8. The van der Waals surface area contributed by atoms with Gasteiger partial charge in [-0.2, -0.15) is 0 Å². The Hall–Kier alpha value is -0.860. The first-order valence-electron chi connectivity index (χ1n) is 14.7. The summed E-state index contributed by atoms with van der Waals surface area (Å²) in [6.45, 7) is 14.0. The maximum atomic E-state index is 12.1. The predicted molar refractivity (Wildman–Crippen MR) is 138 cm³/mol. The number of esters is 1. The summed E-state index contributed by atoms with van der Waals surface area (Å²) >= 11 is 0. The highest BCUT2D eigenvalue weighted by atomic mass is 16.5. The number of Topliss-reactive ketones (excluding diaryl/α,β-unsaturated/α-hetero) is 1. The van der Waals surface area contributed by atoms with Gasteiger partial charge in [-0.25, -0.2) is 0 Å². The van der Waals surface area contributed by atoms with E-state index < -0.39 is 0 Å². The van der Waals surface area contributed by atoms with Crippen molar-refractivity contribution in [3.05, 3.63) is 0 Å². The minimum atomic E-state index is -0.317. The van der Waals surface area contributed by atoms with Crippen molar-refractivity contribution in [1.29, 1.82) is 0 Å². The van der Waals surface area contributed by atoms with E-state index in [0.29, 0.717) is 16.7 Å². The molecule has 0 saturated heterocycles. The van der Waals surface area contributed by atoms with E-state index in [0.717, 1.165) is 48.3 Å². The third kappa shape index (κ3) is 5.01. The first-order chi connectivity index (χ1) is 16.0. The Kier molecular flexibility index (Phi) is 7.90. The highest BCUT2D eigenvalue weighted by Crippen LogP contribution is 2.68. The van der Waals surface area contributed by atoms with Crippen LogP contribution < -0.4 is 0 Å². The van der Waals surface area contributed by atoms with Crippen molar-refractivity contribution >= 4 is 11.8 Å². The molecule has 0 spiro atoms. The van der Waals surface area contributed by atoms with E-state index in [4.69, 9.17) is 4.74 Å². The van der Waals surface area contributed by atoms with Gasteiger partial charge >= 0.3 is 5.97 Å². The van der Waals surface area contributed by atoms with Gasteiger partial charge in [-0.15, -0.1) is 0 Å². The Balaban J connectivity index is 1.39. The summed E-state index contributed by atoms with van der Waals surface area (Å²) in [7, 11) is 0. The molecule has 194 valence electrons. The van der Waals surface area contributed by atoms with Crippen molar-refractivity contribution in [3.63, 3.8) is 0 Å². The lowest BCUT2D eigenvalue weighted by Gasteiger charge is -2.61. The van der Waals surface area contributed by atoms with Gasteiger partial charge in [0.05, 0.1) is 0 Å². The molecular formula is C31H52O3. The highest BCUT2D eigenvalue weighted by Gasteiger charge is 2.60. The lowest BCUT2D eigenvalue weighted by molar-refractivity contribution is -0.163. The average Bonchev–Trinajstić information content (AvgIpc) is 3.10. The molecule has 34 heavy (non-hydrogen) atoms. The van der Waals surface area contributed by atoms with Gasteiger partial charge in [-0.1, -0.05) is 53.9 Å². The second kappa shape index (κ2) is 10.3. The first-order valence-corrected chi connectivity index (χ1v) is 14.7. The zero-order valence-electron chi connectivity index (χ0n) is 23.0. The van der Waals surface area contributed by atoms with Crippen LogP contribution in [-0.2, 0) is 14.3 Å². The summed E-state index contributed by atoms with van der Waals surface area (Å²) in [4.78, 5) is 23.4. The molecule has 4 saturated carbocycles. The summed E-state index contributed by atoms with van der Waals surface area (Å²) in [5, 5.41) is 0. The quantitative estimate of drug-likeness (QED) is 0.265. The van der Waals surface area contributed by atoms with Crippen LogP contribution in [0.4, 0.5) is 0 Å². The zero-order chi connectivity index (χ0) is 24.7. The van der Waals surface area contributed by atoms with E-state index in [9.17, 15) is 9.59 Å². The summed E-state index contributed by atoms with van der Waals surface area (Å²) in [5.41, 5.74) is 0.968. The maximum absolute atomic E-state index is 12.1. The van der Waals surface area contributed by atoms with Crippen molar-refractivity contribution < 1.29 is 14.3 Å².